The normalized spacial score (nSPS) is 13.5. The molecule has 0 fully saturated rings. The van der Waals surface area contributed by atoms with Crippen molar-refractivity contribution in [3.05, 3.63) is 59.7 Å². The van der Waals surface area contributed by atoms with Gasteiger partial charge in [0.15, 0.2) is 6.36 Å². The number of phenolic OH excluding ortho intramolecular Hbond substituents is 1. The number of halogens is 1. The number of ether oxygens (including phenoxy) is 2. The maximum absolute atomic E-state index is 13.0. The molecule has 0 saturated carbocycles. The van der Waals surface area contributed by atoms with Crippen LogP contribution < -0.4 is 4.74 Å². The molecule has 0 saturated heterocycles. The molecular weight excluding hydrogens is 307 g/mol. The van der Waals surface area contributed by atoms with E-state index in [1.165, 1.54) is 6.92 Å². The highest BCUT2D eigenvalue weighted by Crippen LogP contribution is 2.22. The first-order valence-electron chi connectivity index (χ1n) is 8.36. The van der Waals surface area contributed by atoms with Crippen molar-refractivity contribution in [3.63, 3.8) is 0 Å². The van der Waals surface area contributed by atoms with Crippen LogP contribution >= 0.6 is 0 Å². The van der Waals surface area contributed by atoms with Crippen LogP contribution in [0.15, 0.2) is 48.5 Å². The topological polar surface area (TPSA) is 38.7 Å². The van der Waals surface area contributed by atoms with Gasteiger partial charge in [-0.05, 0) is 55.5 Å². The van der Waals surface area contributed by atoms with Gasteiger partial charge in [-0.2, -0.15) is 0 Å². The van der Waals surface area contributed by atoms with E-state index in [0.717, 1.165) is 29.7 Å². The van der Waals surface area contributed by atoms with Gasteiger partial charge in [0, 0.05) is 0 Å². The van der Waals surface area contributed by atoms with Crippen LogP contribution in [0.4, 0.5) is 4.39 Å². The van der Waals surface area contributed by atoms with Gasteiger partial charge in [-0.15, -0.1) is 0 Å². The van der Waals surface area contributed by atoms with E-state index in [9.17, 15) is 9.50 Å². The van der Waals surface area contributed by atoms with E-state index < -0.39 is 6.36 Å². The smallest absolute Gasteiger partial charge is 0.196 e. The number of phenols is 1. The maximum Gasteiger partial charge on any atom is 0.196 e. The van der Waals surface area contributed by atoms with E-state index in [0.29, 0.717) is 13.0 Å². The first-order valence-corrected chi connectivity index (χ1v) is 8.36. The quantitative estimate of drug-likeness (QED) is 0.725. The molecule has 0 aromatic heterocycles. The number of rotatable bonds is 9. The predicted octanol–water partition coefficient (Wildman–Crippen LogP) is 4.67. The standard InChI is InChI=1S/C20H25FO3/c1-3-19(24-15(2)21)14-23-20-10-5-4-8-17(20)12-11-16-7-6-9-18(22)13-16/h4-10,13,15,19,22H,3,11-12,14H2,1-2H3. The number of aromatic hydroxyl groups is 1. The van der Waals surface area contributed by atoms with Crippen LogP contribution in [-0.2, 0) is 17.6 Å². The van der Waals surface area contributed by atoms with Crippen molar-refractivity contribution in [2.75, 3.05) is 6.61 Å². The average Bonchev–Trinajstić information content (AvgIpc) is 2.57. The lowest BCUT2D eigenvalue weighted by atomic mass is 10.0. The third-order valence-corrected chi connectivity index (χ3v) is 3.83. The van der Waals surface area contributed by atoms with Crippen molar-refractivity contribution < 1.29 is 19.0 Å². The van der Waals surface area contributed by atoms with Crippen molar-refractivity contribution in [2.45, 2.75) is 45.6 Å². The Morgan fingerprint density at radius 2 is 1.88 bits per heavy atom. The van der Waals surface area contributed by atoms with E-state index in [4.69, 9.17) is 9.47 Å². The third kappa shape index (κ3) is 5.85. The van der Waals surface area contributed by atoms with Gasteiger partial charge in [0.1, 0.15) is 18.1 Å². The predicted molar refractivity (Wildman–Crippen MR) is 93.2 cm³/mol. The summed E-state index contributed by atoms with van der Waals surface area (Å²) >= 11 is 0. The minimum absolute atomic E-state index is 0.260. The first-order chi connectivity index (χ1) is 11.6. The molecule has 2 aromatic rings. The summed E-state index contributed by atoms with van der Waals surface area (Å²) in [6, 6.07) is 15.1. The summed E-state index contributed by atoms with van der Waals surface area (Å²) in [7, 11) is 0. The number of hydrogen-bond donors (Lipinski definition) is 1. The Kier molecular flexibility index (Phi) is 7.07. The summed E-state index contributed by atoms with van der Waals surface area (Å²) in [6.07, 6.45) is 0.754. The molecule has 0 aliphatic rings. The van der Waals surface area contributed by atoms with Gasteiger partial charge in [-0.25, -0.2) is 4.39 Å². The molecule has 2 atom stereocenters. The highest BCUT2D eigenvalue weighted by Gasteiger charge is 2.13. The zero-order valence-electron chi connectivity index (χ0n) is 14.2. The van der Waals surface area contributed by atoms with Gasteiger partial charge in [0.25, 0.3) is 0 Å². The minimum atomic E-state index is -1.29. The van der Waals surface area contributed by atoms with Crippen LogP contribution in [-0.4, -0.2) is 24.2 Å². The molecule has 4 heteroatoms. The highest BCUT2D eigenvalue weighted by molar-refractivity contribution is 5.35. The SMILES string of the molecule is CCC(COc1ccccc1CCc1cccc(O)c1)OC(C)F. The fourth-order valence-electron chi connectivity index (χ4n) is 2.54. The molecule has 0 bridgehead atoms. The average molecular weight is 332 g/mol. The van der Waals surface area contributed by atoms with Crippen LogP contribution in [0.5, 0.6) is 11.5 Å². The van der Waals surface area contributed by atoms with E-state index in [2.05, 4.69) is 0 Å². The Labute approximate surface area is 143 Å². The molecular formula is C20H25FO3. The summed E-state index contributed by atoms with van der Waals surface area (Å²) in [6.45, 7) is 3.66. The number of hydrogen-bond acceptors (Lipinski definition) is 3. The third-order valence-electron chi connectivity index (χ3n) is 3.83. The van der Waals surface area contributed by atoms with E-state index in [1.807, 2.05) is 43.3 Å². The lowest BCUT2D eigenvalue weighted by Crippen LogP contribution is -2.24. The molecule has 130 valence electrons. The van der Waals surface area contributed by atoms with Crippen LogP contribution in [0.2, 0.25) is 0 Å². The molecule has 0 radical (unpaired) electrons. The second kappa shape index (κ2) is 9.28. The minimum Gasteiger partial charge on any atom is -0.508 e. The Bertz CT molecular complexity index is 628. The zero-order chi connectivity index (χ0) is 17.4. The fraction of sp³-hybridized carbons (Fsp3) is 0.400. The summed E-state index contributed by atoms with van der Waals surface area (Å²) in [5.74, 6) is 1.08. The summed E-state index contributed by atoms with van der Waals surface area (Å²) in [4.78, 5) is 0. The van der Waals surface area contributed by atoms with Crippen molar-refractivity contribution in [2.24, 2.45) is 0 Å². The molecule has 2 aromatic carbocycles. The number of aryl methyl sites for hydroxylation is 2. The van der Waals surface area contributed by atoms with E-state index in [1.54, 1.807) is 12.1 Å². The van der Waals surface area contributed by atoms with Gasteiger partial charge in [0.05, 0.1) is 6.10 Å². The van der Waals surface area contributed by atoms with Gasteiger partial charge < -0.3 is 14.6 Å². The lowest BCUT2D eigenvalue weighted by molar-refractivity contribution is -0.0884. The monoisotopic (exact) mass is 332 g/mol. The van der Waals surface area contributed by atoms with Gasteiger partial charge in [-0.1, -0.05) is 37.3 Å². The molecule has 1 N–H and O–H groups in total. The van der Waals surface area contributed by atoms with Gasteiger partial charge in [0.2, 0.25) is 0 Å². The second-order valence-corrected chi connectivity index (χ2v) is 5.80. The lowest BCUT2D eigenvalue weighted by Gasteiger charge is -2.19. The number of benzene rings is 2. The molecule has 0 aliphatic carbocycles. The zero-order valence-corrected chi connectivity index (χ0v) is 14.2. The number of para-hydroxylation sites is 1. The Morgan fingerprint density at radius 1 is 1.08 bits per heavy atom. The molecule has 0 aliphatic heterocycles. The first kappa shape index (κ1) is 18.3. The van der Waals surface area contributed by atoms with Crippen molar-refractivity contribution >= 4 is 0 Å². The largest absolute Gasteiger partial charge is 0.508 e. The fourth-order valence-corrected chi connectivity index (χ4v) is 2.54. The van der Waals surface area contributed by atoms with Crippen molar-refractivity contribution in [1.29, 1.82) is 0 Å². The van der Waals surface area contributed by atoms with Crippen LogP contribution in [0, 0.1) is 0 Å². The summed E-state index contributed by atoms with van der Waals surface area (Å²) < 4.78 is 24.0. The van der Waals surface area contributed by atoms with Crippen molar-refractivity contribution in [3.8, 4) is 11.5 Å². The second-order valence-electron chi connectivity index (χ2n) is 5.80. The molecule has 2 rings (SSSR count). The Hall–Kier alpha value is -2.07. The van der Waals surface area contributed by atoms with E-state index in [-0.39, 0.29) is 11.9 Å². The molecule has 3 nitrogen and oxygen atoms in total. The van der Waals surface area contributed by atoms with Crippen LogP contribution in [0.3, 0.4) is 0 Å². The highest BCUT2D eigenvalue weighted by atomic mass is 19.1. The molecule has 0 heterocycles. The molecule has 2 unspecified atom stereocenters. The van der Waals surface area contributed by atoms with Crippen LogP contribution in [0.25, 0.3) is 0 Å². The van der Waals surface area contributed by atoms with E-state index >= 15 is 0 Å². The number of alkyl halides is 1. The van der Waals surface area contributed by atoms with Gasteiger partial charge >= 0.3 is 0 Å². The van der Waals surface area contributed by atoms with Gasteiger partial charge in [-0.3, -0.25) is 0 Å². The Morgan fingerprint density at radius 3 is 2.58 bits per heavy atom. The molecule has 0 spiro atoms. The van der Waals surface area contributed by atoms with Crippen molar-refractivity contribution in [1.82, 2.24) is 0 Å². The summed E-state index contributed by atoms with van der Waals surface area (Å²) in [5.41, 5.74) is 2.16. The van der Waals surface area contributed by atoms with Crippen LogP contribution in [0.1, 0.15) is 31.4 Å². The molecule has 24 heavy (non-hydrogen) atoms. The Balaban J connectivity index is 1.96. The molecule has 0 amide bonds. The maximum atomic E-state index is 13.0. The summed E-state index contributed by atoms with van der Waals surface area (Å²) in [5, 5.41) is 9.54.